The summed E-state index contributed by atoms with van der Waals surface area (Å²) in [5, 5.41) is 0. The first-order valence-electron chi connectivity index (χ1n) is 28.8. The molecule has 6 heteroatoms. The van der Waals surface area contributed by atoms with Gasteiger partial charge in [-0.05, 0) is 103 Å². The molecule has 0 aromatic rings. The van der Waals surface area contributed by atoms with Crippen LogP contribution in [-0.2, 0) is 28.6 Å². The van der Waals surface area contributed by atoms with Crippen molar-refractivity contribution < 1.29 is 28.6 Å². The van der Waals surface area contributed by atoms with E-state index in [1.165, 1.54) is 89.9 Å². The smallest absolute Gasteiger partial charge is 0.306 e. The van der Waals surface area contributed by atoms with Crippen LogP contribution in [0.3, 0.4) is 0 Å². The minimum Gasteiger partial charge on any atom is -0.462 e. The van der Waals surface area contributed by atoms with E-state index in [2.05, 4.69) is 142 Å². The van der Waals surface area contributed by atoms with Gasteiger partial charge in [-0.1, -0.05) is 256 Å². The van der Waals surface area contributed by atoms with Crippen molar-refractivity contribution in [3.8, 4) is 0 Å². The quantitative estimate of drug-likeness (QED) is 0.0261. The zero-order valence-corrected chi connectivity index (χ0v) is 46.1. The fourth-order valence-electron chi connectivity index (χ4n) is 7.31. The van der Waals surface area contributed by atoms with Crippen molar-refractivity contribution in [2.24, 2.45) is 0 Å². The molecule has 6 nitrogen and oxygen atoms in total. The molecule has 0 aromatic carbocycles. The summed E-state index contributed by atoms with van der Waals surface area (Å²) in [6.07, 6.45) is 84.3. The van der Waals surface area contributed by atoms with Gasteiger partial charge in [-0.2, -0.15) is 0 Å². The fourth-order valence-corrected chi connectivity index (χ4v) is 7.31. The first-order chi connectivity index (χ1) is 35.5. The number of allylic oxidation sites excluding steroid dienone is 24. The van der Waals surface area contributed by atoms with E-state index in [0.717, 1.165) is 89.9 Å². The lowest BCUT2D eigenvalue weighted by Crippen LogP contribution is -2.30. The predicted molar refractivity (Wildman–Crippen MR) is 311 cm³/mol. The number of hydrogen-bond donors (Lipinski definition) is 0. The van der Waals surface area contributed by atoms with Gasteiger partial charge in [0, 0.05) is 19.3 Å². The molecule has 0 bridgehead atoms. The Bertz CT molecular complexity index is 1610. The Hall–Kier alpha value is -4.71. The first-order valence-corrected chi connectivity index (χ1v) is 28.8. The van der Waals surface area contributed by atoms with Gasteiger partial charge in [0.2, 0.25) is 0 Å². The van der Waals surface area contributed by atoms with Crippen LogP contribution < -0.4 is 0 Å². The average Bonchev–Trinajstić information content (AvgIpc) is 3.38. The highest BCUT2D eigenvalue weighted by atomic mass is 16.6. The summed E-state index contributed by atoms with van der Waals surface area (Å²) in [6, 6.07) is 0. The largest absolute Gasteiger partial charge is 0.462 e. The lowest BCUT2D eigenvalue weighted by molar-refractivity contribution is -0.166. The summed E-state index contributed by atoms with van der Waals surface area (Å²) in [6.45, 7) is 6.36. The van der Waals surface area contributed by atoms with E-state index in [4.69, 9.17) is 14.2 Å². The van der Waals surface area contributed by atoms with Gasteiger partial charge >= 0.3 is 17.9 Å². The van der Waals surface area contributed by atoms with Crippen molar-refractivity contribution >= 4 is 17.9 Å². The molecule has 0 saturated heterocycles. The molecule has 1 atom stereocenters. The van der Waals surface area contributed by atoms with Gasteiger partial charge in [0.05, 0.1) is 0 Å². The third-order valence-electron chi connectivity index (χ3n) is 11.6. The summed E-state index contributed by atoms with van der Waals surface area (Å²) in [7, 11) is 0. The van der Waals surface area contributed by atoms with E-state index >= 15 is 0 Å². The summed E-state index contributed by atoms with van der Waals surface area (Å²) < 4.78 is 16.7. The molecule has 0 amide bonds. The number of unbranched alkanes of at least 4 members (excludes halogenated alkanes) is 15. The minimum absolute atomic E-state index is 0.135. The molecule has 404 valence electrons. The van der Waals surface area contributed by atoms with Crippen molar-refractivity contribution in [2.45, 2.75) is 239 Å². The fraction of sp³-hybridized carbons (Fsp3) is 0.591. The van der Waals surface area contributed by atoms with Gasteiger partial charge in [-0.25, -0.2) is 0 Å². The maximum absolute atomic E-state index is 12.8. The molecule has 0 aliphatic heterocycles. The Morgan fingerprint density at radius 1 is 0.292 bits per heavy atom. The van der Waals surface area contributed by atoms with Crippen LogP contribution in [0.25, 0.3) is 0 Å². The highest BCUT2D eigenvalue weighted by Crippen LogP contribution is 2.14. The number of esters is 3. The lowest BCUT2D eigenvalue weighted by Gasteiger charge is -2.18. The van der Waals surface area contributed by atoms with Crippen LogP contribution in [0.5, 0.6) is 0 Å². The molecular formula is C66H104O6. The van der Waals surface area contributed by atoms with Crippen molar-refractivity contribution in [3.63, 3.8) is 0 Å². The van der Waals surface area contributed by atoms with Gasteiger partial charge in [-0.3, -0.25) is 14.4 Å². The van der Waals surface area contributed by atoms with E-state index in [0.29, 0.717) is 19.3 Å². The molecule has 0 rings (SSSR count). The number of ether oxygens (including phenoxy) is 3. The summed E-state index contributed by atoms with van der Waals surface area (Å²) >= 11 is 0. The SMILES string of the molecule is CCC=CCC=CCC=CCC=CCC=CCC=CCCC(=O)OC(COC(=O)CCC=CCC=CCC=CCC=CCC=CCC=CCCCCC)COC(=O)CCCCCCCCCCCCCCC. The Balaban J connectivity index is 4.62. The topological polar surface area (TPSA) is 78.9 Å². The highest BCUT2D eigenvalue weighted by molar-refractivity contribution is 5.71. The molecule has 0 aliphatic carbocycles. The lowest BCUT2D eigenvalue weighted by atomic mass is 10.0. The van der Waals surface area contributed by atoms with Gasteiger partial charge < -0.3 is 14.2 Å². The van der Waals surface area contributed by atoms with E-state index in [1.807, 2.05) is 24.3 Å². The standard InChI is InChI=1S/C66H104O6/c1-4-7-10-13-16-19-22-25-27-29-31-32-33-35-36-38-41-44-47-50-53-56-59-65(68)71-62-63(61-70-64(67)58-55-52-49-46-43-40-24-21-18-15-12-9-6-3)72-66(69)60-57-54-51-48-45-42-39-37-34-30-28-26-23-20-17-14-11-8-5-2/h8,11,16-17,19-20,25-28,31-32,34-37,41-42,44-45,50-51,53-54,63H,4-7,9-10,12-15,18,21-24,29-30,33,38-40,43,46-49,52,55-62H2,1-3H3. The van der Waals surface area contributed by atoms with Crippen molar-refractivity contribution in [2.75, 3.05) is 13.2 Å². The second kappa shape index (κ2) is 58.9. The first kappa shape index (κ1) is 67.3. The number of rotatable bonds is 50. The highest BCUT2D eigenvalue weighted by Gasteiger charge is 2.19. The second-order valence-electron chi connectivity index (χ2n) is 18.5. The number of carbonyl (C=O) groups is 3. The molecule has 0 fully saturated rings. The normalized spacial score (nSPS) is 13.2. The van der Waals surface area contributed by atoms with E-state index in [9.17, 15) is 14.4 Å². The molecule has 1 unspecified atom stereocenters. The molecule has 0 radical (unpaired) electrons. The van der Waals surface area contributed by atoms with E-state index in [1.54, 1.807) is 0 Å². The molecule has 0 N–H and O–H groups in total. The zero-order chi connectivity index (χ0) is 52.2. The van der Waals surface area contributed by atoms with Crippen LogP contribution in [-0.4, -0.2) is 37.2 Å². The maximum atomic E-state index is 12.8. The van der Waals surface area contributed by atoms with Crippen molar-refractivity contribution in [3.05, 3.63) is 146 Å². The Morgan fingerprint density at radius 2 is 0.569 bits per heavy atom. The van der Waals surface area contributed by atoms with Crippen LogP contribution in [0.15, 0.2) is 146 Å². The van der Waals surface area contributed by atoms with Gasteiger partial charge in [0.15, 0.2) is 6.10 Å². The van der Waals surface area contributed by atoms with Crippen LogP contribution >= 0.6 is 0 Å². The van der Waals surface area contributed by atoms with Crippen LogP contribution in [0.4, 0.5) is 0 Å². The van der Waals surface area contributed by atoms with Crippen LogP contribution in [0.1, 0.15) is 233 Å². The molecule has 0 aromatic heterocycles. The van der Waals surface area contributed by atoms with Gasteiger partial charge in [-0.15, -0.1) is 0 Å². The van der Waals surface area contributed by atoms with E-state index in [-0.39, 0.29) is 38.0 Å². The third-order valence-corrected chi connectivity index (χ3v) is 11.6. The average molecular weight is 994 g/mol. The molecular weight excluding hydrogens is 889 g/mol. The summed E-state index contributed by atoms with van der Waals surface area (Å²) in [4.78, 5) is 38.1. The molecule has 0 heterocycles. The maximum Gasteiger partial charge on any atom is 0.306 e. The Kier molecular flexibility index (Phi) is 55.0. The van der Waals surface area contributed by atoms with Crippen molar-refractivity contribution in [1.82, 2.24) is 0 Å². The molecule has 0 saturated carbocycles. The predicted octanol–water partition coefficient (Wildman–Crippen LogP) is 19.6. The second-order valence-corrected chi connectivity index (χ2v) is 18.5. The Labute approximate surface area is 442 Å². The Morgan fingerprint density at radius 3 is 0.931 bits per heavy atom. The van der Waals surface area contributed by atoms with Crippen LogP contribution in [0.2, 0.25) is 0 Å². The monoisotopic (exact) mass is 993 g/mol. The molecule has 72 heavy (non-hydrogen) atoms. The van der Waals surface area contributed by atoms with Crippen LogP contribution in [0, 0.1) is 0 Å². The van der Waals surface area contributed by atoms with Crippen molar-refractivity contribution in [1.29, 1.82) is 0 Å². The van der Waals surface area contributed by atoms with E-state index < -0.39 is 12.1 Å². The third kappa shape index (κ3) is 56.2. The summed E-state index contributed by atoms with van der Waals surface area (Å²) in [5.41, 5.74) is 0. The molecule has 0 aliphatic rings. The van der Waals surface area contributed by atoms with Gasteiger partial charge in [0.1, 0.15) is 13.2 Å². The number of carbonyl (C=O) groups excluding carboxylic acids is 3. The number of hydrogen-bond acceptors (Lipinski definition) is 6. The summed E-state index contributed by atoms with van der Waals surface area (Å²) in [5.74, 6) is -1.11. The van der Waals surface area contributed by atoms with Gasteiger partial charge in [0.25, 0.3) is 0 Å². The minimum atomic E-state index is -0.854. The molecule has 0 spiro atoms. The zero-order valence-electron chi connectivity index (χ0n) is 46.1.